The van der Waals surface area contributed by atoms with Crippen molar-refractivity contribution in [3.63, 3.8) is 0 Å². The predicted octanol–water partition coefficient (Wildman–Crippen LogP) is 4.26. The number of amides is 2. The number of aryl methyl sites for hydroxylation is 1. The molecule has 256 valence electrons. The van der Waals surface area contributed by atoms with Crippen LogP contribution in [0, 0.1) is 0 Å². The largest absolute Gasteiger partial charge is 0.388 e. The van der Waals surface area contributed by atoms with Gasteiger partial charge in [0.25, 0.3) is 5.56 Å². The van der Waals surface area contributed by atoms with Crippen molar-refractivity contribution < 1.29 is 14.7 Å². The molecule has 1 aliphatic heterocycles. The number of nitrogens with zero attached hydrogens (tertiary/aromatic N) is 5. The zero-order valence-electron chi connectivity index (χ0n) is 28.2. The average molecular weight is 656 g/mol. The van der Waals surface area contributed by atoms with E-state index in [-0.39, 0.29) is 35.4 Å². The molecule has 0 aliphatic carbocycles. The maximum atomic E-state index is 13.5. The Bertz CT molecular complexity index is 1720. The topological polar surface area (TPSA) is 148 Å². The molecule has 48 heavy (non-hydrogen) atoms. The molecule has 1 saturated heterocycles. The molecule has 0 spiro atoms. The third-order valence-corrected chi connectivity index (χ3v) is 9.50. The number of rotatable bonds is 15. The standard InChI is InChI=1S/C37H49N7O4/c1-27(29-11-7-6-8-12-29)23-32(46)43-21-18-37(48,19-22-43)25-44-26-40-33-34(36(44)47)41-42(2)35(33)30-16-14-28(15-17-30)24-39-31(45)13-9-4-3-5-10-20-38/h6-8,11-12,14-17,26-27,48H,3-5,9-10,13,18-25,38H2,1-2H3,(H,39,45)/t27-/m1/s1. The number of hydrogen-bond donors (Lipinski definition) is 3. The molecular formula is C37H49N7O4. The highest BCUT2D eigenvalue weighted by atomic mass is 16.3. The number of benzene rings is 2. The molecule has 4 aromatic rings. The van der Waals surface area contributed by atoms with Crippen molar-refractivity contribution in [2.24, 2.45) is 12.8 Å². The SMILES string of the molecule is C[C@H](CC(=O)N1CCC(O)(Cn2cnc3c(-c4ccc(CNC(=O)CCCCCCCN)cc4)n(C)nc3c2=O)CC1)c1ccccc1. The van der Waals surface area contributed by atoms with Crippen molar-refractivity contribution in [2.45, 2.75) is 89.3 Å². The van der Waals surface area contributed by atoms with E-state index in [1.807, 2.05) is 59.5 Å². The van der Waals surface area contributed by atoms with Crippen LogP contribution < -0.4 is 16.6 Å². The van der Waals surface area contributed by atoms with Gasteiger partial charge in [0.2, 0.25) is 11.8 Å². The second kappa shape index (κ2) is 16.2. The van der Waals surface area contributed by atoms with Gasteiger partial charge >= 0.3 is 0 Å². The van der Waals surface area contributed by atoms with Crippen LogP contribution in [0.25, 0.3) is 22.3 Å². The minimum atomic E-state index is -1.13. The lowest BCUT2D eigenvalue weighted by Crippen LogP contribution is -2.49. The number of aliphatic hydroxyl groups is 1. The van der Waals surface area contributed by atoms with Crippen LogP contribution in [0.3, 0.4) is 0 Å². The van der Waals surface area contributed by atoms with Gasteiger partial charge in [0.05, 0.1) is 24.2 Å². The van der Waals surface area contributed by atoms with Gasteiger partial charge in [0.15, 0.2) is 5.52 Å². The van der Waals surface area contributed by atoms with Gasteiger partial charge in [-0.1, -0.05) is 80.8 Å². The van der Waals surface area contributed by atoms with Gasteiger partial charge in [-0.3, -0.25) is 23.6 Å². The molecule has 0 saturated carbocycles. The van der Waals surface area contributed by atoms with Crippen molar-refractivity contribution in [3.05, 3.63) is 82.4 Å². The van der Waals surface area contributed by atoms with Crippen molar-refractivity contribution in [3.8, 4) is 11.3 Å². The number of likely N-dealkylation sites (tertiary alicyclic amines) is 1. The van der Waals surface area contributed by atoms with Gasteiger partial charge in [0.1, 0.15) is 5.52 Å². The third kappa shape index (κ3) is 8.76. The fourth-order valence-electron chi connectivity index (χ4n) is 6.50. The smallest absolute Gasteiger partial charge is 0.281 e. The highest BCUT2D eigenvalue weighted by Crippen LogP contribution is 2.28. The Balaban J connectivity index is 1.16. The highest BCUT2D eigenvalue weighted by molar-refractivity contribution is 5.89. The fraction of sp³-hybridized carbons (Fsp3) is 0.486. The van der Waals surface area contributed by atoms with Crippen molar-refractivity contribution in [2.75, 3.05) is 19.6 Å². The second-order valence-corrected chi connectivity index (χ2v) is 13.2. The number of unbranched alkanes of at least 4 members (excludes halogenated alkanes) is 4. The number of carbonyl (C=O) groups is 2. The minimum absolute atomic E-state index is 0.0492. The van der Waals surface area contributed by atoms with Crippen LogP contribution in [0.2, 0.25) is 0 Å². The molecule has 2 aromatic heterocycles. The summed E-state index contributed by atoms with van der Waals surface area (Å²) in [7, 11) is 1.78. The maximum absolute atomic E-state index is 13.5. The fourth-order valence-corrected chi connectivity index (χ4v) is 6.50. The zero-order chi connectivity index (χ0) is 34.1. The van der Waals surface area contributed by atoms with Gasteiger partial charge in [0, 0.05) is 45.1 Å². The van der Waals surface area contributed by atoms with Crippen LogP contribution in [0.15, 0.2) is 65.7 Å². The van der Waals surface area contributed by atoms with E-state index in [4.69, 9.17) is 5.73 Å². The second-order valence-electron chi connectivity index (χ2n) is 13.2. The number of piperidine rings is 1. The van der Waals surface area contributed by atoms with E-state index in [0.29, 0.717) is 50.8 Å². The molecule has 5 rings (SSSR count). The first kappa shape index (κ1) is 35.0. The van der Waals surface area contributed by atoms with Crippen LogP contribution in [0.5, 0.6) is 0 Å². The minimum Gasteiger partial charge on any atom is -0.388 e. The molecule has 0 radical (unpaired) electrons. The highest BCUT2D eigenvalue weighted by Gasteiger charge is 2.35. The van der Waals surface area contributed by atoms with E-state index >= 15 is 0 Å². The molecule has 1 aliphatic rings. The monoisotopic (exact) mass is 655 g/mol. The Labute approximate surface area is 282 Å². The molecule has 0 unspecified atom stereocenters. The molecule has 3 heterocycles. The number of fused-ring (bicyclic) bond motifs is 1. The normalized spacial score (nSPS) is 15.0. The number of carbonyl (C=O) groups excluding carboxylic acids is 2. The molecular weight excluding hydrogens is 606 g/mol. The molecule has 11 heteroatoms. The summed E-state index contributed by atoms with van der Waals surface area (Å²) in [5.41, 5.74) is 8.49. The molecule has 11 nitrogen and oxygen atoms in total. The Kier molecular flexibility index (Phi) is 11.8. The van der Waals surface area contributed by atoms with E-state index in [9.17, 15) is 19.5 Å². The zero-order valence-corrected chi connectivity index (χ0v) is 28.2. The molecule has 2 aromatic carbocycles. The summed E-state index contributed by atoms with van der Waals surface area (Å²) >= 11 is 0. The maximum Gasteiger partial charge on any atom is 0.281 e. The number of nitrogens with two attached hydrogens (primary N) is 1. The van der Waals surface area contributed by atoms with Gasteiger partial charge in [-0.25, -0.2) is 4.98 Å². The van der Waals surface area contributed by atoms with E-state index in [0.717, 1.165) is 61.0 Å². The van der Waals surface area contributed by atoms with Crippen LogP contribution in [0.1, 0.15) is 81.8 Å². The van der Waals surface area contributed by atoms with E-state index in [1.165, 1.54) is 10.9 Å². The third-order valence-electron chi connectivity index (χ3n) is 9.50. The lowest BCUT2D eigenvalue weighted by molar-refractivity contribution is -0.136. The lowest BCUT2D eigenvalue weighted by atomic mass is 9.90. The van der Waals surface area contributed by atoms with E-state index in [2.05, 4.69) is 22.3 Å². The number of nitrogens with one attached hydrogen (secondary N) is 1. The molecule has 4 N–H and O–H groups in total. The molecule has 0 bridgehead atoms. The Morgan fingerprint density at radius 1 is 0.979 bits per heavy atom. The van der Waals surface area contributed by atoms with Crippen LogP contribution in [0.4, 0.5) is 0 Å². The van der Waals surface area contributed by atoms with Crippen molar-refractivity contribution in [1.82, 2.24) is 29.5 Å². The molecule has 2 amide bonds. The summed E-state index contributed by atoms with van der Waals surface area (Å²) in [6.45, 7) is 4.17. The summed E-state index contributed by atoms with van der Waals surface area (Å²) in [6.07, 6.45) is 8.35. The van der Waals surface area contributed by atoms with Gasteiger partial charge < -0.3 is 21.1 Å². The van der Waals surface area contributed by atoms with E-state index < -0.39 is 5.60 Å². The Hall–Kier alpha value is -4.35. The first-order chi connectivity index (χ1) is 23.2. The summed E-state index contributed by atoms with van der Waals surface area (Å²) in [6, 6.07) is 17.8. The average Bonchev–Trinajstić information content (AvgIpc) is 3.43. The van der Waals surface area contributed by atoms with Crippen LogP contribution in [-0.2, 0) is 29.7 Å². The van der Waals surface area contributed by atoms with Gasteiger partial charge in [-0.2, -0.15) is 5.10 Å². The molecule has 1 atom stereocenters. The van der Waals surface area contributed by atoms with Crippen LogP contribution >= 0.6 is 0 Å². The first-order valence-electron chi connectivity index (χ1n) is 17.2. The summed E-state index contributed by atoms with van der Waals surface area (Å²) < 4.78 is 3.09. The van der Waals surface area contributed by atoms with E-state index in [1.54, 1.807) is 11.7 Å². The summed E-state index contributed by atoms with van der Waals surface area (Å²) in [5.74, 6) is 0.238. The van der Waals surface area contributed by atoms with Crippen molar-refractivity contribution in [1.29, 1.82) is 0 Å². The van der Waals surface area contributed by atoms with Crippen molar-refractivity contribution >= 4 is 22.8 Å². The predicted molar refractivity (Wildman–Crippen MR) is 187 cm³/mol. The Morgan fingerprint density at radius 2 is 1.67 bits per heavy atom. The Morgan fingerprint density at radius 3 is 2.38 bits per heavy atom. The van der Waals surface area contributed by atoms with Gasteiger partial charge in [-0.05, 0) is 49.3 Å². The van der Waals surface area contributed by atoms with Gasteiger partial charge in [-0.15, -0.1) is 0 Å². The first-order valence-corrected chi connectivity index (χ1v) is 17.2. The summed E-state index contributed by atoms with van der Waals surface area (Å²) in [5, 5.41) is 18.9. The summed E-state index contributed by atoms with van der Waals surface area (Å²) in [4.78, 5) is 45.2. The van der Waals surface area contributed by atoms with Crippen LogP contribution in [-0.4, -0.2) is 66.4 Å². The quantitative estimate of drug-likeness (QED) is 0.162. The molecule has 1 fully saturated rings. The lowest BCUT2D eigenvalue weighted by Gasteiger charge is -2.38. The number of aromatic nitrogens is 4. The number of hydrogen-bond acceptors (Lipinski definition) is 7.